The van der Waals surface area contributed by atoms with Crippen LogP contribution < -0.4 is 9.77 Å². The summed E-state index contributed by atoms with van der Waals surface area (Å²) in [5, 5.41) is 1.08. The third kappa shape index (κ3) is 2.64. The maximum absolute atomic E-state index is 13.7. The van der Waals surface area contributed by atoms with E-state index in [0.29, 0.717) is 5.69 Å². The topological polar surface area (TPSA) is 70.2 Å². The highest BCUT2D eigenvalue weighted by Crippen LogP contribution is 2.68. The summed E-state index contributed by atoms with van der Waals surface area (Å²) in [6, 6.07) is 13.9. The number of aromatic nitrogens is 1. The maximum atomic E-state index is 13.7. The number of anilines is 1. The standard InChI is InChI=1S/C26H21FN2O3S2/c1-11-4-2-3-5-14(11)17-18-15-10-16(21(18)33-23-22(17)34-26(32)28-23)20-19(15)24(30)29(25(20)31)13-8-6-12(27)7-9-13/h2-9,15-21H,10H2,1H3,(H,28,32)/t15-,16-,17-,18-,19+,20+,21+/m1/s1. The molecule has 34 heavy (non-hydrogen) atoms. The molecule has 0 unspecified atom stereocenters. The molecule has 1 saturated heterocycles. The SMILES string of the molecule is Cc1ccccc1[C@H]1c2sc(=O)[nH]c2S[C@H]2[C@@H]3C[C@@H]([C@@H]4C(=O)N(c5ccc(F)cc5)C(=O)[C@@H]34)[C@H]12. The maximum Gasteiger partial charge on any atom is 0.305 e. The number of thioether (sulfide) groups is 1. The molecule has 0 radical (unpaired) electrons. The van der Waals surface area contributed by atoms with Crippen LogP contribution in [-0.2, 0) is 9.59 Å². The average Bonchev–Trinajstić information content (AvgIpc) is 3.54. The minimum absolute atomic E-state index is 0.0325. The second-order valence-electron chi connectivity index (χ2n) is 9.81. The van der Waals surface area contributed by atoms with Gasteiger partial charge in [0.2, 0.25) is 11.8 Å². The largest absolute Gasteiger partial charge is 0.307 e. The summed E-state index contributed by atoms with van der Waals surface area (Å²) in [5.41, 5.74) is 2.82. The van der Waals surface area contributed by atoms with E-state index in [9.17, 15) is 18.8 Å². The predicted octanol–water partition coefficient (Wildman–Crippen LogP) is 4.56. The van der Waals surface area contributed by atoms with Crippen LogP contribution in [0.4, 0.5) is 10.1 Å². The summed E-state index contributed by atoms with van der Waals surface area (Å²) in [4.78, 5) is 44.9. The molecular weight excluding hydrogens is 471 g/mol. The number of amides is 2. The number of halogens is 1. The van der Waals surface area contributed by atoms with Gasteiger partial charge in [-0.1, -0.05) is 35.6 Å². The van der Waals surface area contributed by atoms with Crippen molar-refractivity contribution in [2.24, 2.45) is 29.6 Å². The van der Waals surface area contributed by atoms with Crippen LogP contribution in [0.2, 0.25) is 0 Å². The number of hydrogen-bond acceptors (Lipinski definition) is 5. The summed E-state index contributed by atoms with van der Waals surface area (Å²) >= 11 is 2.96. The fraction of sp³-hybridized carbons (Fsp3) is 0.346. The van der Waals surface area contributed by atoms with Crippen molar-refractivity contribution in [3.63, 3.8) is 0 Å². The van der Waals surface area contributed by atoms with Crippen molar-refractivity contribution in [3.8, 4) is 0 Å². The predicted molar refractivity (Wildman–Crippen MR) is 129 cm³/mol. The zero-order valence-electron chi connectivity index (χ0n) is 18.2. The van der Waals surface area contributed by atoms with Crippen LogP contribution in [0.3, 0.4) is 0 Å². The lowest BCUT2D eigenvalue weighted by atomic mass is 9.67. The first-order chi connectivity index (χ1) is 16.4. The van der Waals surface area contributed by atoms with Gasteiger partial charge < -0.3 is 4.98 Å². The van der Waals surface area contributed by atoms with Crippen molar-refractivity contribution in [1.82, 2.24) is 4.98 Å². The molecule has 172 valence electrons. The van der Waals surface area contributed by atoms with Crippen LogP contribution >= 0.6 is 23.1 Å². The lowest BCUT2D eigenvalue weighted by Gasteiger charge is -2.43. The molecule has 1 N–H and O–H groups in total. The quantitative estimate of drug-likeness (QED) is 0.533. The summed E-state index contributed by atoms with van der Waals surface area (Å²) in [7, 11) is 0. The highest BCUT2D eigenvalue weighted by Gasteiger charge is 2.69. The number of aromatic amines is 1. The molecule has 4 aliphatic rings. The Bertz CT molecular complexity index is 1410. The number of fused-ring (bicyclic) bond motifs is 9. The zero-order chi connectivity index (χ0) is 23.3. The fourth-order valence-electron chi connectivity index (χ4n) is 7.15. The number of H-pyrrole nitrogens is 1. The Kier molecular flexibility index (Phi) is 4.34. The van der Waals surface area contributed by atoms with E-state index in [1.165, 1.54) is 51.6 Å². The monoisotopic (exact) mass is 492 g/mol. The Morgan fingerprint density at radius 2 is 1.68 bits per heavy atom. The molecule has 2 bridgehead atoms. The van der Waals surface area contributed by atoms with Gasteiger partial charge in [0, 0.05) is 16.0 Å². The highest BCUT2D eigenvalue weighted by atomic mass is 32.2. The number of rotatable bonds is 2. The van der Waals surface area contributed by atoms with Gasteiger partial charge >= 0.3 is 4.87 Å². The van der Waals surface area contributed by atoms with Crippen molar-refractivity contribution < 1.29 is 14.0 Å². The summed E-state index contributed by atoms with van der Waals surface area (Å²) in [5.74, 6) is -1.05. The fourth-order valence-corrected chi connectivity index (χ4v) is 10.0. The number of benzene rings is 2. The molecule has 3 heterocycles. The highest BCUT2D eigenvalue weighted by molar-refractivity contribution is 8.00. The van der Waals surface area contributed by atoms with Crippen molar-refractivity contribution in [1.29, 1.82) is 0 Å². The molecule has 2 amide bonds. The Hall–Kier alpha value is -2.71. The third-order valence-electron chi connectivity index (χ3n) is 8.33. The number of carbonyl (C=O) groups is 2. The molecule has 3 fully saturated rings. The van der Waals surface area contributed by atoms with Crippen LogP contribution in [0.1, 0.15) is 28.3 Å². The smallest absolute Gasteiger partial charge is 0.305 e. The van der Waals surface area contributed by atoms with E-state index in [0.717, 1.165) is 16.3 Å². The molecule has 5 nitrogen and oxygen atoms in total. The van der Waals surface area contributed by atoms with Gasteiger partial charge in [-0.15, -0.1) is 11.8 Å². The minimum atomic E-state index is -0.397. The van der Waals surface area contributed by atoms with E-state index in [1.54, 1.807) is 11.8 Å². The first-order valence-corrected chi connectivity index (χ1v) is 13.2. The Labute approximate surface area is 203 Å². The Balaban J connectivity index is 1.34. The van der Waals surface area contributed by atoms with Gasteiger partial charge in [0.1, 0.15) is 5.82 Å². The molecule has 2 aliphatic heterocycles. The number of nitrogens with one attached hydrogen (secondary N) is 1. The number of hydrogen-bond donors (Lipinski definition) is 1. The van der Waals surface area contributed by atoms with E-state index in [1.807, 2.05) is 12.1 Å². The second-order valence-corrected chi connectivity index (χ2v) is 12.0. The van der Waals surface area contributed by atoms with Gasteiger partial charge in [-0.25, -0.2) is 4.39 Å². The van der Waals surface area contributed by atoms with E-state index in [2.05, 4.69) is 24.0 Å². The molecule has 2 aliphatic carbocycles. The van der Waals surface area contributed by atoms with Crippen LogP contribution in [0.25, 0.3) is 0 Å². The van der Waals surface area contributed by atoms with E-state index in [-0.39, 0.29) is 57.4 Å². The molecule has 0 spiro atoms. The van der Waals surface area contributed by atoms with Gasteiger partial charge in [0.15, 0.2) is 0 Å². The van der Waals surface area contributed by atoms with Crippen LogP contribution in [0, 0.1) is 42.3 Å². The number of thiazole rings is 1. The zero-order valence-corrected chi connectivity index (χ0v) is 19.9. The second kappa shape index (κ2) is 7.15. The molecule has 7 atom stereocenters. The molecule has 2 saturated carbocycles. The van der Waals surface area contributed by atoms with E-state index >= 15 is 0 Å². The lowest BCUT2D eigenvalue weighted by molar-refractivity contribution is -0.123. The van der Waals surface area contributed by atoms with Crippen LogP contribution in [-0.4, -0.2) is 22.0 Å². The van der Waals surface area contributed by atoms with Gasteiger partial charge in [-0.05, 0) is 66.5 Å². The molecule has 7 rings (SSSR count). The number of nitrogens with zero attached hydrogens (tertiary/aromatic N) is 1. The normalized spacial score (nSPS) is 33.2. The minimum Gasteiger partial charge on any atom is -0.307 e. The Morgan fingerprint density at radius 1 is 0.971 bits per heavy atom. The molecule has 1 aromatic heterocycles. The van der Waals surface area contributed by atoms with Gasteiger partial charge in [0.05, 0.1) is 22.5 Å². The third-order valence-corrected chi connectivity index (χ3v) is 10.9. The molecular formula is C26H21FN2O3S2. The summed E-state index contributed by atoms with van der Waals surface area (Å²) < 4.78 is 13.5. The van der Waals surface area contributed by atoms with Gasteiger partial charge in [-0.2, -0.15) is 0 Å². The van der Waals surface area contributed by atoms with Crippen molar-refractivity contribution in [2.45, 2.75) is 29.5 Å². The molecule has 8 heteroatoms. The molecule has 3 aromatic rings. The number of aryl methyl sites for hydroxylation is 1. The van der Waals surface area contributed by atoms with Gasteiger partial charge in [0.25, 0.3) is 0 Å². The van der Waals surface area contributed by atoms with Crippen molar-refractivity contribution in [2.75, 3.05) is 4.90 Å². The van der Waals surface area contributed by atoms with E-state index in [4.69, 9.17) is 0 Å². The first kappa shape index (κ1) is 20.6. The van der Waals surface area contributed by atoms with Gasteiger partial charge in [-0.3, -0.25) is 19.3 Å². The summed E-state index contributed by atoms with van der Waals surface area (Å²) in [6.07, 6.45) is 0.855. The molecule has 2 aromatic carbocycles. The van der Waals surface area contributed by atoms with Crippen molar-refractivity contribution in [3.05, 3.63) is 80.0 Å². The van der Waals surface area contributed by atoms with Crippen molar-refractivity contribution >= 4 is 40.6 Å². The Morgan fingerprint density at radius 3 is 2.41 bits per heavy atom. The van der Waals surface area contributed by atoms with Crippen LogP contribution in [0.15, 0.2) is 58.4 Å². The van der Waals surface area contributed by atoms with Crippen LogP contribution in [0.5, 0.6) is 0 Å². The first-order valence-electron chi connectivity index (χ1n) is 11.5. The number of imide groups is 1. The number of carbonyl (C=O) groups excluding carboxylic acids is 2. The summed E-state index contributed by atoms with van der Waals surface area (Å²) in [6.45, 7) is 2.09. The lowest BCUT2D eigenvalue weighted by Crippen LogP contribution is -2.42. The van der Waals surface area contributed by atoms with E-state index < -0.39 is 5.82 Å². The average molecular weight is 493 g/mol.